The first-order valence-electron chi connectivity index (χ1n) is 9.12. The average molecular weight is 391 g/mol. The molecule has 3 rings (SSSR count). The van der Waals surface area contributed by atoms with E-state index in [9.17, 15) is 4.79 Å². The van der Waals surface area contributed by atoms with E-state index < -0.39 is 0 Å². The number of rotatable bonds is 8. The highest BCUT2D eigenvalue weighted by Crippen LogP contribution is 2.25. The molecule has 27 heavy (non-hydrogen) atoms. The van der Waals surface area contributed by atoms with Crippen LogP contribution >= 0.6 is 11.8 Å². The van der Waals surface area contributed by atoms with Crippen LogP contribution in [0.1, 0.15) is 12.7 Å². The summed E-state index contributed by atoms with van der Waals surface area (Å²) < 4.78 is 10.5. The molecule has 2 aromatic rings. The minimum atomic E-state index is -0.0260. The number of carbonyl (C=O) groups excluding carboxylic acids is 1. The molecular weight excluding hydrogens is 364 g/mol. The number of ether oxygens (including phenoxy) is 2. The van der Waals surface area contributed by atoms with Crippen LogP contribution in [0.25, 0.3) is 10.9 Å². The average Bonchev–Trinajstić information content (AvgIpc) is 2.67. The zero-order chi connectivity index (χ0) is 19.1. The summed E-state index contributed by atoms with van der Waals surface area (Å²) in [6, 6.07) is 7.92. The number of carbonyl (C=O) groups is 1. The smallest absolute Gasteiger partial charge is 0.230 e. The van der Waals surface area contributed by atoms with Crippen LogP contribution in [-0.4, -0.2) is 72.6 Å². The van der Waals surface area contributed by atoms with Gasteiger partial charge in [-0.15, -0.1) is 0 Å². The van der Waals surface area contributed by atoms with Gasteiger partial charge in [-0.25, -0.2) is 9.97 Å². The van der Waals surface area contributed by atoms with Gasteiger partial charge in [0.15, 0.2) is 0 Å². The van der Waals surface area contributed by atoms with Gasteiger partial charge in [0.25, 0.3) is 0 Å². The number of amides is 1. The van der Waals surface area contributed by atoms with Crippen molar-refractivity contribution >= 4 is 28.6 Å². The number of nitrogens with zero attached hydrogens (tertiary/aromatic N) is 3. The molecule has 1 saturated heterocycles. The molecule has 1 amide bonds. The van der Waals surface area contributed by atoms with Crippen molar-refractivity contribution in [2.45, 2.75) is 24.5 Å². The molecule has 1 aromatic heterocycles. The predicted octanol–water partition coefficient (Wildman–Crippen LogP) is 1.71. The fourth-order valence-corrected chi connectivity index (χ4v) is 3.82. The highest BCUT2D eigenvalue weighted by Gasteiger charge is 2.15. The molecule has 1 aliphatic rings. The summed E-state index contributed by atoms with van der Waals surface area (Å²) in [4.78, 5) is 23.9. The lowest BCUT2D eigenvalue weighted by atomic mass is 10.2. The number of hydrogen-bond donors (Lipinski definition) is 1. The second-order valence-corrected chi connectivity index (χ2v) is 7.53. The molecule has 1 aliphatic heterocycles. The van der Waals surface area contributed by atoms with Gasteiger partial charge in [-0.1, -0.05) is 30.0 Å². The van der Waals surface area contributed by atoms with Crippen molar-refractivity contribution in [3.8, 4) is 0 Å². The first-order chi connectivity index (χ1) is 13.2. The Hall–Kier alpha value is -1.74. The van der Waals surface area contributed by atoms with Crippen molar-refractivity contribution in [3.63, 3.8) is 0 Å². The van der Waals surface area contributed by atoms with Crippen LogP contribution < -0.4 is 5.32 Å². The topological polar surface area (TPSA) is 76.6 Å². The lowest BCUT2D eigenvalue weighted by Gasteiger charge is -2.25. The molecule has 8 heteroatoms. The number of thioether (sulfide) groups is 1. The molecule has 0 spiro atoms. The number of para-hydroxylation sites is 1. The molecule has 0 saturated carbocycles. The van der Waals surface area contributed by atoms with Crippen LogP contribution in [0, 0.1) is 0 Å². The number of hydrogen-bond acceptors (Lipinski definition) is 7. The lowest BCUT2D eigenvalue weighted by Crippen LogP contribution is -2.36. The Morgan fingerprint density at radius 2 is 2.11 bits per heavy atom. The van der Waals surface area contributed by atoms with E-state index in [0.717, 1.165) is 48.1 Å². The largest absolute Gasteiger partial charge is 0.383 e. The maximum Gasteiger partial charge on any atom is 0.230 e. The highest BCUT2D eigenvalue weighted by molar-refractivity contribution is 8.00. The normalized spacial score (nSPS) is 16.4. The van der Waals surface area contributed by atoms with Crippen molar-refractivity contribution in [2.75, 3.05) is 45.8 Å². The van der Waals surface area contributed by atoms with Crippen molar-refractivity contribution in [3.05, 3.63) is 30.1 Å². The lowest BCUT2D eigenvalue weighted by molar-refractivity contribution is -0.119. The number of aromatic nitrogens is 2. The van der Waals surface area contributed by atoms with E-state index in [1.54, 1.807) is 7.11 Å². The fourth-order valence-electron chi connectivity index (χ4n) is 2.98. The van der Waals surface area contributed by atoms with Gasteiger partial charge in [0.2, 0.25) is 5.91 Å². The number of nitrogens with one attached hydrogen (secondary N) is 1. The maximum absolute atomic E-state index is 12.2. The van der Waals surface area contributed by atoms with Crippen LogP contribution in [0.3, 0.4) is 0 Å². The van der Waals surface area contributed by atoms with Crippen LogP contribution in [0.15, 0.2) is 29.3 Å². The molecule has 7 nitrogen and oxygen atoms in total. The summed E-state index contributed by atoms with van der Waals surface area (Å²) in [6.07, 6.45) is 0. The van der Waals surface area contributed by atoms with Gasteiger partial charge in [-0.05, 0) is 13.0 Å². The minimum Gasteiger partial charge on any atom is -0.383 e. The molecule has 2 heterocycles. The van der Waals surface area contributed by atoms with Crippen LogP contribution in [0.2, 0.25) is 0 Å². The Bertz CT molecular complexity index is 768. The van der Waals surface area contributed by atoms with Crippen LogP contribution in [0.5, 0.6) is 0 Å². The van der Waals surface area contributed by atoms with E-state index in [0.29, 0.717) is 18.9 Å². The van der Waals surface area contributed by atoms with Crippen LogP contribution in [0.4, 0.5) is 0 Å². The van der Waals surface area contributed by atoms with Gasteiger partial charge in [0, 0.05) is 31.6 Å². The summed E-state index contributed by atoms with van der Waals surface area (Å²) in [7, 11) is 1.63. The Morgan fingerprint density at radius 3 is 2.89 bits per heavy atom. The Morgan fingerprint density at radius 1 is 1.33 bits per heavy atom. The molecule has 1 fully saturated rings. The molecule has 0 aliphatic carbocycles. The highest BCUT2D eigenvalue weighted by atomic mass is 32.2. The van der Waals surface area contributed by atoms with Gasteiger partial charge in [-0.2, -0.15) is 0 Å². The fraction of sp³-hybridized carbons (Fsp3) is 0.526. The third kappa shape index (κ3) is 5.87. The summed E-state index contributed by atoms with van der Waals surface area (Å²) in [5.74, 6) is 1.07. The number of benzene rings is 1. The zero-order valence-electron chi connectivity index (χ0n) is 15.8. The quantitative estimate of drug-likeness (QED) is 0.543. The zero-order valence-corrected chi connectivity index (χ0v) is 16.6. The molecule has 1 N–H and O–H groups in total. The van der Waals surface area contributed by atoms with Crippen molar-refractivity contribution in [1.82, 2.24) is 20.2 Å². The molecule has 1 aromatic carbocycles. The minimum absolute atomic E-state index is 0.0119. The molecule has 0 bridgehead atoms. The maximum atomic E-state index is 12.2. The van der Waals surface area contributed by atoms with Gasteiger partial charge in [0.05, 0.1) is 37.6 Å². The van der Waals surface area contributed by atoms with E-state index in [1.165, 1.54) is 11.8 Å². The van der Waals surface area contributed by atoms with Crippen molar-refractivity contribution in [1.29, 1.82) is 0 Å². The van der Waals surface area contributed by atoms with E-state index in [2.05, 4.69) is 10.2 Å². The molecule has 0 unspecified atom stereocenters. The molecule has 0 radical (unpaired) electrons. The molecular formula is C19H26N4O3S. The SMILES string of the molecule is COC[C@@H](C)NC(=O)CSc1nc(CN2CCOCC2)nc2ccccc12. The summed E-state index contributed by atoms with van der Waals surface area (Å²) in [5, 5.41) is 4.75. The first-order valence-corrected chi connectivity index (χ1v) is 10.1. The second kappa shape index (κ2) is 9.98. The Balaban J connectivity index is 1.71. The van der Waals surface area contributed by atoms with Crippen molar-refractivity contribution < 1.29 is 14.3 Å². The third-order valence-electron chi connectivity index (χ3n) is 4.25. The molecule has 1 atom stereocenters. The van der Waals surface area contributed by atoms with Gasteiger partial charge < -0.3 is 14.8 Å². The summed E-state index contributed by atoms with van der Waals surface area (Å²) >= 11 is 1.45. The first kappa shape index (κ1) is 20.0. The van der Waals surface area contributed by atoms with Gasteiger partial charge in [-0.3, -0.25) is 9.69 Å². The molecule has 146 valence electrons. The van der Waals surface area contributed by atoms with E-state index in [-0.39, 0.29) is 11.9 Å². The predicted molar refractivity (Wildman–Crippen MR) is 106 cm³/mol. The monoisotopic (exact) mass is 390 g/mol. The van der Waals surface area contributed by atoms with E-state index >= 15 is 0 Å². The number of methoxy groups -OCH3 is 1. The van der Waals surface area contributed by atoms with E-state index in [4.69, 9.17) is 19.4 Å². The van der Waals surface area contributed by atoms with E-state index in [1.807, 2.05) is 31.2 Å². The Labute approximate surface area is 163 Å². The summed E-state index contributed by atoms with van der Waals surface area (Å²) in [6.45, 7) is 6.38. The third-order valence-corrected chi connectivity index (χ3v) is 5.24. The van der Waals surface area contributed by atoms with Crippen LogP contribution in [-0.2, 0) is 20.8 Å². The summed E-state index contributed by atoms with van der Waals surface area (Å²) in [5.41, 5.74) is 0.909. The van der Waals surface area contributed by atoms with Gasteiger partial charge >= 0.3 is 0 Å². The standard InChI is InChI=1S/C19H26N4O3S/c1-14(12-25-2)20-18(24)13-27-19-15-5-3-4-6-16(15)21-17(22-19)11-23-7-9-26-10-8-23/h3-6,14H,7-13H2,1-2H3,(H,20,24)/t14-/m1/s1. The Kier molecular flexibility index (Phi) is 7.40. The second-order valence-electron chi connectivity index (χ2n) is 6.56. The van der Waals surface area contributed by atoms with Crippen molar-refractivity contribution in [2.24, 2.45) is 0 Å². The number of morpholine rings is 1. The number of fused-ring (bicyclic) bond motifs is 1. The van der Waals surface area contributed by atoms with Gasteiger partial charge in [0.1, 0.15) is 10.9 Å².